The van der Waals surface area contributed by atoms with Crippen LogP contribution in [0.2, 0.25) is 0 Å². The maximum absolute atomic E-state index is 2.58. The van der Waals surface area contributed by atoms with Gasteiger partial charge in [0.15, 0.2) is 0 Å². The monoisotopic (exact) mass is 169 g/mol. The Balaban J connectivity index is 2.70. The molecule has 1 nitrogen and oxygen atoms in total. The molecule has 0 aromatic carbocycles. The van der Waals surface area contributed by atoms with Crippen LogP contribution in [0, 0.1) is 5.92 Å². The Labute approximate surface area is 77.1 Å². The van der Waals surface area contributed by atoms with Gasteiger partial charge in [0.05, 0.1) is 0 Å². The molecule has 0 aromatic heterocycles. The lowest BCUT2D eigenvalue weighted by atomic mass is 9.80. The fourth-order valence-electron chi connectivity index (χ4n) is 2.80. The van der Waals surface area contributed by atoms with E-state index in [0.717, 1.165) is 5.92 Å². The first-order chi connectivity index (χ1) is 5.63. The number of hydrogen-bond donors (Lipinski definition) is 0. The van der Waals surface area contributed by atoms with Gasteiger partial charge in [0.2, 0.25) is 0 Å². The smallest absolute Gasteiger partial charge is 0.0229 e. The molecule has 0 aromatic rings. The van der Waals surface area contributed by atoms with Crippen LogP contribution >= 0.6 is 0 Å². The van der Waals surface area contributed by atoms with Crippen LogP contribution in [0.15, 0.2) is 0 Å². The molecule has 1 heteroatoms. The highest BCUT2D eigenvalue weighted by Crippen LogP contribution is 2.38. The Kier molecular flexibility index (Phi) is 3.16. The molecular weight excluding hydrogens is 146 g/mol. The summed E-state index contributed by atoms with van der Waals surface area (Å²) >= 11 is 0. The highest BCUT2D eigenvalue weighted by Gasteiger charge is 2.39. The maximum Gasteiger partial charge on any atom is 0.0229 e. The van der Waals surface area contributed by atoms with Crippen LogP contribution in [0.25, 0.3) is 0 Å². The van der Waals surface area contributed by atoms with Crippen molar-refractivity contribution in [3.8, 4) is 0 Å². The van der Waals surface area contributed by atoms with Crippen molar-refractivity contribution in [1.29, 1.82) is 0 Å². The summed E-state index contributed by atoms with van der Waals surface area (Å²) in [5, 5.41) is 0. The predicted molar refractivity (Wildman–Crippen MR) is 54.3 cm³/mol. The second-order valence-corrected chi connectivity index (χ2v) is 4.53. The lowest BCUT2D eigenvalue weighted by Gasteiger charge is -2.40. The standard InChI is InChI=1S/C11H23N/c1-5-7-11(10(2)3)8-6-9-12(11)4/h10H,5-9H2,1-4H3. The molecule has 1 aliphatic rings. The normalized spacial score (nSPS) is 31.8. The summed E-state index contributed by atoms with van der Waals surface area (Å²) < 4.78 is 0. The minimum atomic E-state index is 0.536. The fraction of sp³-hybridized carbons (Fsp3) is 1.00. The third-order valence-electron chi connectivity index (χ3n) is 3.62. The third kappa shape index (κ3) is 1.52. The van der Waals surface area contributed by atoms with Crippen LogP contribution in [-0.2, 0) is 0 Å². The zero-order valence-corrected chi connectivity index (χ0v) is 9.06. The summed E-state index contributed by atoms with van der Waals surface area (Å²) in [6.07, 6.45) is 5.51. The molecule has 1 saturated heterocycles. The number of rotatable bonds is 3. The summed E-state index contributed by atoms with van der Waals surface area (Å²) in [4.78, 5) is 2.58. The molecule has 12 heavy (non-hydrogen) atoms. The molecule has 0 radical (unpaired) electrons. The average Bonchev–Trinajstić information content (AvgIpc) is 2.34. The molecule has 0 amide bonds. The molecule has 0 bridgehead atoms. The van der Waals surface area contributed by atoms with E-state index in [9.17, 15) is 0 Å². The van der Waals surface area contributed by atoms with Gasteiger partial charge >= 0.3 is 0 Å². The van der Waals surface area contributed by atoms with E-state index in [-0.39, 0.29) is 0 Å². The van der Waals surface area contributed by atoms with Gasteiger partial charge in [0.25, 0.3) is 0 Å². The highest BCUT2D eigenvalue weighted by atomic mass is 15.2. The summed E-state index contributed by atoms with van der Waals surface area (Å²) in [6.45, 7) is 8.35. The zero-order valence-electron chi connectivity index (χ0n) is 9.06. The van der Waals surface area contributed by atoms with Crippen LogP contribution in [0.5, 0.6) is 0 Å². The molecule has 1 fully saturated rings. The molecule has 1 unspecified atom stereocenters. The van der Waals surface area contributed by atoms with E-state index in [1.165, 1.54) is 32.2 Å². The summed E-state index contributed by atoms with van der Waals surface area (Å²) in [5.74, 6) is 0.810. The third-order valence-corrected chi connectivity index (χ3v) is 3.62. The number of likely N-dealkylation sites (tertiary alicyclic amines) is 1. The van der Waals surface area contributed by atoms with Crippen molar-refractivity contribution >= 4 is 0 Å². The van der Waals surface area contributed by atoms with Crippen LogP contribution < -0.4 is 0 Å². The quantitative estimate of drug-likeness (QED) is 0.628. The molecule has 1 aliphatic heterocycles. The van der Waals surface area contributed by atoms with Gasteiger partial charge in [-0.15, -0.1) is 0 Å². The second kappa shape index (κ2) is 3.78. The summed E-state index contributed by atoms with van der Waals surface area (Å²) in [6, 6.07) is 0. The minimum absolute atomic E-state index is 0.536. The SMILES string of the molecule is CCCC1(C(C)C)CCCN1C. The molecule has 0 N–H and O–H groups in total. The van der Waals surface area contributed by atoms with E-state index in [0.29, 0.717) is 5.54 Å². The largest absolute Gasteiger partial charge is 0.300 e. The van der Waals surface area contributed by atoms with E-state index in [2.05, 4.69) is 32.7 Å². The maximum atomic E-state index is 2.58. The molecule has 1 atom stereocenters. The first kappa shape index (κ1) is 10.0. The average molecular weight is 169 g/mol. The molecule has 72 valence electrons. The lowest BCUT2D eigenvalue weighted by molar-refractivity contribution is 0.103. The van der Waals surface area contributed by atoms with Gasteiger partial charge < -0.3 is 4.90 Å². The first-order valence-electron chi connectivity index (χ1n) is 5.34. The minimum Gasteiger partial charge on any atom is -0.300 e. The Hall–Kier alpha value is -0.0400. The van der Waals surface area contributed by atoms with Crippen molar-refractivity contribution in [2.24, 2.45) is 5.92 Å². The van der Waals surface area contributed by atoms with Gasteiger partial charge in [0.1, 0.15) is 0 Å². The highest BCUT2D eigenvalue weighted by molar-refractivity contribution is 4.96. The van der Waals surface area contributed by atoms with Crippen molar-refractivity contribution in [2.45, 2.75) is 52.0 Å². The summed E-state index contributed by atoms with van der Waals surface area (Å²) in [7, 11) is 2.29. The predicted octanol–water partition coefficient (Wildman–Crippen LogP) is 2.91. The molecule has 1 heterocycles. The van der Waals surface area contributed by atoms with Gasteiger partial charge in [-0.2, -0.15) is 0 Å². The van der Waals surface area contributed by atoms with Crippen LogP contribution in [0.1, 0.15) is 46.5 Å². The van der Waals surface area contributed by atoms with Crippen molar-refractivity contribution in [1.82, 2.24) is 4.90 Å². The van der Waals surface area contributed by atoms with Gasteiger partial charge in [-0.1, -0.05) is 27.2 Å². The summed E-state index contributed by atoms with van der Waals surface area (Å²) in [5.41, 5.74) is 0.536. The van der Waals surface area contributed by atoms with Crippen molar-refractivity contribution < 1.29 is 0 Å². The van der Waals surface area contributed by atoms with E-state index in [1.54, 1.807) is 0 Å². The van der Waals surface area contributed by atoms with E-state index in [1.807, 2.05) is 0 Å². The van der Waals surface area contributed by atoms with Crippen molar-refractivity contribution in [2.75, 3.05) is 13.6 Å². The fourth-order valence-corrected chi connectivity index (χ4v) is 2.80. The lowest BCUT2D eigenvalue weighted by Crippen LogP contribution is -2.45. The van der Waals surface area contributed by atoms with E-state index in [4.69, 9.17) is 0 Å². The van der Waals surface area contributed by atoms with Crippen molar-refractivity contribution in [3.05, 3.63) is 0 Å². The van der Waals surface area contributed by atoms with Crippen molar-refractivity contribution in [3.63, 3.8) is 0 Å². The Bertz CT molecular complexity index is 142. The Morgan fingerprint density at radius 1 is 1.42 bits per heavy atom. The topological polar surface area (TPSA) is 3.24 Å². The van der Waals surface area contributed by atoms with Gasteiger partial charge in [0, 0.05) is 5.54 Å². The van der Waals surface area contributed by atoms with Gasteiger partial charge in [-0.3, -0.25) is 0 Å². The van der Waals surface area contributed by atoms with E-state index < -0.39 is 0 Å². The molecule has 0 saturated carbocycles. The van der Waals surface area contributed by atoms with Crippen LogP contribution in [0.4, 0.5) is 0 Å². The van der Waals surface area contributed by atoms with Crippen LogP contribution in [-0.4, -0.2) is 24.0 Å². The Morgan fingerprint density at radius 2 is 2.08 bits per heavy atom. The molecule has 0 aliphatic carbocycles. The number of nitrogens with zero attached hydrogens (tertiary/aromatic N) is 1. The molecular formula is C11H23N. The van der Waals surface area contributed by atoms with Gasteiger partial charge in [-0.05, 0) is 38.8 Å². The number of hydrogen-bond acceptors (Lipinski definition) is 1. The van der Waals surface area contributed by atoms with Gasteiger partial charge in [-0.25, -0.2) is 0 Å². The van der Waals surface area contributed by atoms with E-state index >= 15 is 0 Å². The molecule has 0 spiro atoms. The first-order valence-corrected chi connectivity index (χ1v) is 5.34. The molecule has 1 rings (SSSR count). The zero-order chi connectivity index (χ0) is 9.19. The Morgan fingerprint density at radius 3 is 2.42 bits per heavy atom. The van der Waals surface area contributed by atoms with Crippen LogP contribution in [0.3, 0.4) is 0 Å². The second-order valence-electron chi connectivity index (χ2n) is 4.53.